The molecule has 0 N–H and O–H groups in total. The Bertz CT molecular complexity index is 1210. The highest BCUT2D eigenvalue weighted by molar-refractivity contribution is 6.07. The van der Waals surface area contributed by atoms with Crippen molar-refractivity contribution >= 4 is 29.2 Å². The van der Waals surface area contributed by atoms with E-state index >= 15 is 0 Å². The van der Waals surface area contributed by atoms with E-state index in [1.54, 1.807) is 39.7 Å². The van der Waals surface area contributed by atoms with Gasteiger partial charge in [-0.3, -0.25) is 24.0 Å². The van der Waals surface area contributed by atoms with Crippen LogP contribution in [0.15, 0.2) is 24.5 Å². The fraction of sp³-hybridized carbons (Fsp3) is 0.429. The first-order chi connectivity index (χ1) is 15.5. The lowest BCUT2D eigenvalue weighted by Gasteiger charge is -2.26. The van der Waals surface area contributed by atoms with Gasteiger partial charge >= 0.3 is 0 Å². The summed E-state index contributed by atoms with van der Waals surface area (Å²) in [4.78, 5) is 45.8. The van der Waals surface area contributed by atoms with Gasteiger partial charge in [-0.2, -0.15) is 10.1 Å². The van der Waals surface area contributed by atoms with Gasteiger partial charge in [-0.05, 0) is 24.1 Å². The number of Topliss-reactive ketones (excluding diaryl/α,β-unsaturated/α-hetero) is 1. The molecule has 2 amide bonds. The van der Waals surface area contributed by atoms with Gasteiger partial charge in [0.1, 0.15) is 5.69 Å². The molecule has 3 aromatic heterocycles. The molecule has 2 saturated heterocycles. The molecule has 0 spiro atoms. The van der Waals surface area contributed by atoms with Gasteiger partial charge in [-0.1, -0.05) is 0 Å². The van der Waals surface area contributed by atoms with E-state index in [1.807, 2.05) is 0 Å². The van der Waals surface area contributed by atoms with E-state index in [4.69, 9.17) is 4.74 Å². The van der Waals surface area contributed by atoms with E-state index in [-0.39, 0.29) is 29.7 Å². The number of aromatic nitrogens is 5. The number of hydrogen-bond acceptors (Lipinski definition) is 7. The standard InChI is InChI=1S/C21H23N7O4/c1-25-19(15(13-22-25)20(31)26-7-9-32-10-8-26)16(29)11-14-4-6-28-17(12-14)23-21(24-28)27-5-2-3-18(27)30/h4,6,12-13H,2-3,5,7-11H2,1H3. The minimum absolute atomic E-state index is 0.0185. The predicted octanol–water partition coefficient (Wildman–Crippen LogP) is 0.487. The molecule has 3 aromatic rings. The SMILES string of the molecule is Cn1ncc(C(=O)N2CCOCC2)c1C(=O)Cc1ccn2nc(N3CCCC3=O)nc2c1. The van der Waals surface area contributed by atoms with Crippen molar-refractivity contribution in [3.8, 4) is 0 Å². The summed E-state index contributed by atoms with van der Waals surface area (Å²) >= 11 is 0. The molecule has 0 radical (unpaired) electrons. The molecule has 11 heteroatoms. The summed E-state index contributed by atoms with van der Waals surface area (Å²) in [5, 5.41) is 8.52. The molecule has 5 rings (SSSR count). The summed E-state index contributed by atoms with van der Waals surface area (Å²) in [6.07, 6.45) is 4.56. The number of ketones is 1. The molecule has 0 aromatic carbocycles. The molecule has 0 unspecified atom stereocenters. The fourth-order valence-electron chi connectivity index (χ4n) is 4.13. The monoisotopic (exact) mass is 437 g/mol. The minimum Gasteiger partial charge on any atom is -0.378 e. The third-order valence-electron chi connectivity index (χ3n) is 5.80. The molecule has 11 nitrogen and oxygen atoms in total. The van der Waals surface area contributed by atoms with Crippen molar-refractivity contribution < 1.29 is 19.1 Å². The molecule has 2 aliphatic rings. The second-order valence-corrected chi connectivity index (χ2v) is 7.93. The van der Waals surface area contributed by atoms with Crippen molar-refractivity contribution in [2.45, 2.75) is 19.3 Å². The van der Waals surface area contributed by atoms with E-state index in [9.17, 15) is 14.4 Å². The topological polar surface area (TPSA) is 115 Å². The largest absolute Gasteiger partial charge is 0.378 e. The van der Waals surface area contributed by atoms with E-state index < -0.39 is 0 Å². The zero-order chi connectivity index (χ0) is 22.2. The molecule has 2 aliphatic heterocycles. The van der Waals surface area contributed by atoms with Gasteiger partial charge in [-0.15, -0.1) is 5.10 Å². The van der Waals surface area contributed by atoms with E-state index in [0.717, 1.165) is 12.0 Å². The normalized spacial score (nSPS) is 16.8. The molecule has 0 atom stereocenters. The Labute approximate surface area is 183 Å². The smallest absolute Gasteiger partial charge is 0.257 e. The van der Waals surface area contributed by atoms with Gasteiger partial charge in [0.25, 0.3) is 11.9 Å². The molecule has 5 heterocycles. The third-order valence-corrected chi connectivity index (χ3v) is 5.80. The highest BCUT2D eigenvalue weighted by atomic mass is 16.5. The van der Waals surface area contributed by atoms with Crippen LogP contribution in [0, 0.1) is 0 Å². The van der Waals surface area contributed by atoms with Gasteiger partial charge in [-0.25, -0.2) is 4.52 Å². The van der Waals surface area contributed by atoms with Crippen LogP contribution in [0.1, 0.15) is 39.3 Å². The van der Waals surface area contributed by atoms with Crippen LogP contribution in [-0.4, -0.2) is 79.7 Å². The number of amides is 2. The maximum Gasteiger partial charge on any atom is 0.257 e. The van der Waals surface area contributed by atoms with Crippen molar-refractivity contribution in [1.29, 1.82) is 0 Å². The number of carbonyl (C=O) groups excluding carboxylic acids is 3. The van der Waals surface area contributed by atoms with Crippen LogP contribution in [0.5, 0.6) is 0 Å². The Kier molecular flexibility index (Phi) is 5.17. The first kappa shape index (κ1) is 20.3. The summed E-state index contributed by atoms with van der Waals surface area (Å²) in [6, 6.07) is 3.56. The Morgan fingerprint density at radius 1 is 1.19 bits per heavy atom. The number of aryl methyl sites for hydroxylation is 1. The Morgan fingerprint density at radius 2 is 2.00 bits per heavy atom. The summed E-state index contributed by atoms with van der Waals surface area (Å²) < 4.78 is 8.34. The zero-order valence-corrected chi connectivity index (χ0v) is 17.7. The van der Waals surface area contributed by atoms with Gasteiger partial charge in [0.05, 0.1) is 25.0 Å². The summed E-state index contributed by atoms with van der Waals surface area (Å²) in [5.74, 6) is -0.0241. The van der Waals surface area contributed by atoms with Gasteiger partial charge in [0.15, 0.2) is 11.4 Å². The first-order valence-electron chi connectivity index (χ1n) is 10.6. The molecule has 0 aliphatic carbocycles. The third kappa shape index (κ3) is 3.64. The maximum absolute atomic E-state index is 13.1. The molecular formula is C21H23N7O4. The molecular weight excluding hydrogens is 414 g/mol. The summed E-state index contributed by atoms with van der Waals surface area (Å²) in [7, 11) is 1.66. The van der Waals surface area contributed by atoms with Crippen molar-refractivity contribution in [2.75, 3.05) is 37.7 Å². The molecule has 0 saturated carbocycles. The molecule has 2 fully saturated rings. The number of nitrogens with zero attached hydrogens (tertiary/aromatic N) is 7. The number of ether oxygens (including phenoxy) is 1. The highest BCUT2D eigenvalue weighted by Crippen LogP contribution is 2.20. The number of fused-ring (bicyclic) bond motifs is 1. The van der Waals surface area contributed by atoms with Crippen molar-refractivity contribution in [3.63, 3.8) is 0 Å². The minimum atomic E-state index is -0.211. The van der Waals surface area contributed by atoms with Crippen LogP contribution in [0.25, 0.3) is 5.65 Å². The number of anilines is 1. The Morgan fingerprint density at radius 3 is 2.75 bits per heavy atom. The van der Waals surface area contributed by atoms with Crippen molar-refractivity contribution in [1.82, 2.24) is 29.3 Å². The van der Waals surface area contributed by atoms with Crippen LogP contribution in [-0.2, 0) is 23.0 Å². The second-order valence-electron chi connectivity index (χ2n) is 7.93. The van der Waals surface area contributed by atoms with E-state index in [0.29, 0.717) is 56.4 Å². The van der Waals surface area contributed by atoms with Crippen LogP contribution in [0.2, 0.25) is 0 Å². The lowest BCUT2D eigenvalue weighted by atomic mass is 10.0. The van der Waals surface area contributed by atoms with Crippen LogP contribution in [0.3, 0.4) is 0 Å². The van der Waals surface area contributed by atoms with Gasteiger partial charge < -0.3 is 9.64 Å². The first-order valence-corrected chi connectivity index (χ1v) is 10.6. The van der Waals surface area contributed by atoms with Gasteiger partial charge in [0.2, 0.25) is 5.91 Å². The maximum atomic E-state index is 13.1. The number of hydrogen-bond donors (Lipinski definition) is 0. The van der Waals surface area contributed by atoms with Gasteiger partial charge in [0, 0.05) is 45.7 Å². The summed E-state index contributed by atoms with van der Waals surface area (Å²) in [5.41, 5.74) is 1.88. The zero-order valence-electron chi connectivity index (χ0n) is 17.7. The van der Waals surface area contributed by atoms with Crippen LogP contribution in [0.4, 0.5) is 5.95 Å². The number of morpholine rings is 1. The average Bonchev–Trinajstić information content (AvgIpc) is 3.51. The number of pyridine rings is 1. The van der Waals surface area contributed by atoms with E-state index in [1.165, 1.54) is 10.9 Å². The average molecular weight is 437 g/mol. The molecule has 0 bridgehead atoms. The number of rotatable bonds is 5. The Hall–Kier alpha value is -3.60. The lowest BCUT2D eigenvalue weighted by molar-refractivity contribution is -0.117. The Balaban J connectivity index is 1.37. The number of carbonyl (C=O) groups is 3. The molecule has 166 valence electrons. The predicted molar refractivity (Wildman–Crippen MR) is 113 cm³/mol. The summed E-state index contributed by atoms with van der Waals surface area (Å²) in [6.45, 7) is 2.57. The highest BCUT2D eigenvalue weighted by Gasteiger charge is 2.28. The van der Waals surface area contributed by atoms with Crippen molar-refractivity contribution in [3.05, 3.63) is 41.3 Å². The fourth-order valence-corrected chi connectivity index (χ4v) is 4.13. The van der Waals surface area contributed by atoms with Crippen molar-refractivity contribution in [2.24, 2.45) is 7.05 Å². The van der Waals surface area contributed by atoms with Crippen LogP contribution < -0.4 is 4.90 Å². The second kappa shape index (κ2) is 8.15. The van der Waals surface area contributed by atoms with E-state index in [2.05, 4.69) is 15.2 Å². The lowest BCUT2D eigenvalue weighted by Crippen LogP contribution is -2.41. The quantitative estimate of drug-likeness (QED) is 0.534. The van der Waals surface area contributed by atoms with Crippen LogP contribution >= 0.6 is 0 Å². The molecule has 32 heavy (non-hydrogen) atoms.